The Bertz CT molecular complexity index is 603. The lowest BCUT2D eigenvalue weighted by molar-refractivity contribution is 0.103. The molecular weight excluding hydrogens is 258 g/mol. The SMILES string of the molecule is CC(C)c1ccc(C(=O)c2cc(N)ccc2Cl)cc1. The minimum absolute atomic E-state index is 0.104. The van der Waals surface area contributed by atoms with Gasteiger partial charge < -0.3 is 5.73 Å². The molecule has 2 nitrogen and oxygen atoms in total. The Hall–Kier alpha value is -1.80. The van der Waals surface area contributed by atoms with Crippen molar-refractivity contribution in [2.45, 2.75) is 19.8 Å². The number of anilines is 1. The molecule has 0 unspecified atom stereocenters. The van der Waals surface area contributed by atoms with Gasteiger partial charge in [0.15, 0.2) is 5.78 Å². The smallest absolute Gasteiger partial charge is 0.194 e. The van der Waals surface area contributed by atoms with E-state index in [4.69, 9.17) is 17.3 Å². The summed E-state index contributed by atoms with van der Waals surface area (Å²) in [5.41, 5.74) is 8.50. The molecule has 0 atom stereocenters. The van der Waals surface area contributed by atoms with Crippen LogP contribution in [0.25, 0.3) is 0 Å². The third kappa shape index (κ3) is 2.96. The predicted molar refractivity (Wildman–Crippen MR) is 79.8 cm³/mol. The van der Waals surface area contributed by atoms with E-state index in [1.165, 1.54) is 5.56 Å². The zero-order chi connectivity index (χ0) is 14.0. The molecule has 98 valence electrons. The summed E-state index contributed by atoms with van der Waals surface area (Å²) in [4.78, 5) is 12.4. The van der Waals surface area contributed by atoms with E-state index in [2.05, 4.69) is 13.8 Å². The van der Waals surface area contributed by atoms with Crippen molar-refractivity contribution in [3.8, 4) is 0 Å². The Balaban J connectivity index is 2.36. The molecule has 19 heavy (non-hydrogen) atoms. The second-order valence-corrected chi connectivity index (χ2v) is 5.25. The van der Waals surface area contributed by atoms with Gasteiger partial charge in [-0.1, -0.05) is 49.7 Å². The maximum atomic E-state index is 12.4. The largest absolute Gasteiger partial charge is 0.399 e. The van der Waals surface area contributed by atoms with E-state index in [1.54, 1.807) is 18.2 Å². The van der Waals surface area contributed by atoms with Crippen LogP contribution in [0.2, 0.25) is 5.02 Å². The van der Waals surface area contributed by atoms with Gasteiger partial charge in [-0.3, -0.25) is 4.79 Å². The van der Waals surface area contributed by atoms with Crippen molar-refractivity contribution in [2.75, 3.05) is 5.73 Å². The Labute approximate surface area is 118 Å². The number of halogens is 1. The number of hydrogen-bond donors (Lipinski definition) is 1. The molecule has 2 rings (SSSR count). The zero-order valence-corrected chi connectivity index (χ0v) is 11.7. The van der Waals surface area contributed by atoms with E-state index in [-0.39, 0.29) is 5.78 Å². The van der Waals surface area contributed by atoms with Gasteiger partial charge in [-0.05, 0) is 29.7 Å². The molecule has 2 aromatic rings. The highest BCUT2D eigenvalue weighted by Gasteiger charge is 2.13. The average molecular weight is 274 g/mol. The lowest BCUT2D eigenvalue weighted by atomic mass is 9.98. The summed E-state index contributed by atoms with van der Waals surface area (Å²) in [7, 11) is 0. The Kier molecular flexibility index (Phi) is 3.91. The minimum Gasteiger partial charge on any atom is -0.399 e. The lowest BCUT2D eigenvalue weighted by Gasteiger charge is -2.08. The summed E-state index contributed by atoms with van der Waals surface area (Å²) < 4.78 is 0. The molecular formula is C16H16ClNO. The van der Waals surface area contributed by atoms with Crippen LogP contribution in [0.3, 0.4) is 0 Å². The fourth-order valence-corrected chi connectivity index (χ4v) is 2.10. The maximum Gasteiger partial charge on any atom is 0.194 e. The number of hydrogen-bond acceptors (Lipinski definition) is 2. The van der Waals surface area contributed by atoms with Gasteiger partial charge in [0, 0.05) is 16.8 Å². The van der Waals surface area contributed by atoms with Gasteiger partial charge in [0.25, 0.3) is 0 Å². The van der Waals surface area contributed by atoms with Crippen LogP contribution in [0.1, 0.15) is 41.3 Å². The predicted octanol–water partition coefficient (Wildman–Crippen LogP) is 4.28. The first kappa shape index (κ1) is 13.6. The van der Waals surface area contributed by atoms with Gasteiger partial charge >= 0.3 is 0 Å². The quantitative estimate of drug-likeness (QED) is 0.670. The number of benzene rings is 2. The van der Waals surface area contributed by atoms with E-state index in [9.17, 15) is 4.79 Å². The highest BCUT2D eigenvalue weighted by atomic mass is 35.5. The van der Waals surface area contributed by atoms with Crippen LogP contribution in [0.4, 0.5) is 5.69 Å². The molecule has 0 saturated carbocycles. The highest BCUT2D eigenvalue weighted by Crippen LogP contribution is 2.23. The molecule has 0 heterocycles. The molecule has 0 saturated heterocycles. The zero-order valence-electron chi connectivity index (χ0n) is 11.0. The van der Waals surface area contributed by atoms with Crippen molar-refractivity contribution < 1.29 is 4.79 Å². The average Bonchev–Trinajstić information content (AvgIpc) is 2.41. The molecule has 0 aliphatic heterocycles. The van der Waals surface area contributed by atoms with Crippen molar-refractivity contribution in [2.24, 2.45) is 0 Å². The van der Waals surface area contributed by atoms with Gasteiger partial charge in [0.05, 0.1) is 5.02 Å². The van der Waals surface area contributed by atoms with Crippen LogP contribution in [0.15, 0.2) is 42.5 Å². The molecule has 0 radical (unpaired) electrons. The van der Waals surface area contributed by atoms with Gasteiger partial charge in [0.2, 0.25) is 0 Å². The van der Waals surface area contributed by atoms with Crippen molar-refractivity contribution >= 4 is 23.1 Å². The lowest BCUT2D eigenvalue weighted by Crippen LogP contribution is -2.03. The molecule has 3 heteroatoms. The number of carbonyl (C=O) groups is 1. The number of nitrogens with two attached hydrogens (primary N) is 1. The molecule has 0 aromatic heterocycles. The van der Waals surface area contributed by atoms with E-state index in [1.807, 2.05) is 24.3 Å². The number of nitrogen functional groups attached to an aromatic ring is 1. The van der Waals surface area contributed by atoms with Crippen molar-refractivity contribution in [3.63, 3.8) is 0 Å². The fraction of sp³-hybridized carbons (Fsp3) is 0.188. The third-order valence-corrected chi connectivity index (χ3v) is 3.40. The summed E-state index contributed by atoms with van der Waals surface area (Å²) in [6, 6.07) is 12.5. The van der Waals surface area contributed by atoms with Gasteiger partial charge in [-0.2, -0.15) is 0 Å². The highest BCUT2D eigenvalue weighted by molar-refractivity contribution is 6.35. The maximum absolute atomic E-state index is 12.4. The van der Waals surface area contributed by atoms with Crippen LogP contribution in [-0.4, -0.2) is 5.78 Å². The molecule has 0 spiro atoms. The van der Waals surface area contributed by atoms with Crippen LogP contribution in [0.5, 0.6) is 0 Å². The molecule has 0 fully saturated rings. The molecule has 0 bridgehead atoms. The third-order valence-electron chi connectivity index (χ3n) is 3.07. The van der Waals surface area contributed by atoms with E-state index >= 15 is 0 Å². The van der Waals surface area contributed by atoms with Gasteiger partial charge in [-0.25, -0.2) is 0 Å². The Morgan fingerprint density at radius 2 is 1.74 bits per heavy atom. The number of carbonyl (C=O) groups excluding carboxylic acids is 1. The first-order chi connectivity index (χ1) is 8.99. The minimum atomic E-state index is -0.104. The summed E-state index contributed by atoms with van der Waals surface area (Å²) in [6.07, 6.45) is 0. The molecule has 2 N–H and O–H groups in total. The van der Waals surface area contributed by atoms with E-state index < -0.39 is 0 Å². The van der Waals surface area contributed by atoms with E-state index in [0.29, 0.717) is 27.8 Å². The fourth-order valence-electron chi connectivity index (χ4n) is 1.89. The molecule has 0 aliphatic carbocycles. The second-order valence-electron chi connectivity index (χ2n) is 4.85. The van der Waals surface area contributed by atoms with Crippen molar-refractivity contribution in [3.05, 3.63) is 64.2 Å². The second kappa shape index (κ2) is 5.45. The molecule has 0 aliphatic rings. The van der Waals surface area contributed by atoms with Crippen molar-refractivity contribution in [1.82, 2.24) is 0 Å². The Morgan fingerprint density at radius 1 is 1.11 bits per heavy atom. The van der Waals surface area contributed by atoms with Crippen molar-refractivity contribution in [1.29, 1.82) is 0 Å². The standard InChI is InChI=1S/C16H16ClNO/c1-10(2)11-3-5-12(6-4-11)16(19)14-9-13(18)7-8-15(14)17/h3-10H,18H2,1-2H3. The summed E-state index contributed by atoms with van der Waals surface area (Å²) in [5, 5.41) is 0.423. The van der Waals surface area contributed by atoms with Crippen LogP contribution in [0, 0.1) is 0 Å². The normalized spacial score (nSPS) is 10.7. The first-order valence-corrected chi connectivity index (χ1v) is 6.56. The van der Waals surface area contributed by atoms with Gasteiger partial charge in [-0.15, -0.1) is 0 Å². The van der Waals surface area contributed by atoms with E-state index in [0.717, 1.165) is 0 Å². The van der Waals surface area contributed by atoms with Crippen LogP contribution < -0.4 is 5.73 Å². The van der Waals surface area contributed by atoms with Crippen LogP contribution >= 0.6 is 11.6 Å². The summed E-state index contributed by atoms with van der Waals surface area (Å²) in [5.74, 6) is 0.340. The number of ketones is 1. The molecule has 0 amide bonds. The summed E-state index contributed by atoms with van der Waals surface area (Å²) in [6.45, 7) is 4.23. The van der Waals surface area contributed by atoms with Crippen LogP contribution in [-0.2, 0) is 0 Å². The topological polar surface area (TPSA) is 43.1 Å². The Morgan fingerprint density at radius 3 is 2.32 bits per heavy atom. The first-order valence-electron chi connectivity index (χ1n) is 6.18. The number of rotatable bonds is 3. The summed E-state index contributed by atoms with van der Waals surface area (Å²) >= 11 is 6.05. The monoisotopic (exact) mass is 273 g/mol. The molecule has 2 aromatic carbocycles. The van der Waals surface area contributed by atoms with Gasteiger partial charge in [0.1, 0.15) is 0 Å².